The molecule has 1 amide bonds. The van der Waals surface area contributed by atoms with Crippen molar-refractivity contribution in [1.29, 1.82) is 0 Å². The maximum absolute atomic E-state index is 15.0. The molecule has 1 atom stereocenters. The van der Waals surface area contributed by atoms with Gasteiger partial charge in [-0.1, -0.05) is 34.1 Å². The summed E-state index contributed by atoms with van der Waals surface area (Å²) in [7, 11) is 1.67. The van der Waals surface area contributed by atoms with Crippen molar-refractivity contribution in [3.63, 3.8) is 0 Å². The van der Waals surface area contributed by atoms with E-state index in [1.807, 2.05) is 6.07 Å². The molecule has 1 aliphatic rings. The summed E-state index contributed by atoms with van der Waals surface area (Å²) in [6.45, 7) is 11.9. The zero-order chi connectivity index (χ0) is 24.0. The van der Waals surface area contributed by atoms with E-state index in [1.165, 1.54) is 11.0 Å². The number of anilines is 2. The number of benzene rings is 2. The maximum atomic E-state index is 15.0. The van der Waals surface area contributed by atoms with Crippen LogP contribution in [-0.2, 0) is 0 Å². The molecule has 0 radical (unpaired) electrons. The van der Waals surface area contributed by atoms with Crippen LogP contribution in [0.1, 0.15) is 57.3 Å². The Morgan fingerprint density at radius 3 is 2.58 bits per heavy atom. The largest absolute Gasteiger partial charge is 0.494 e. The highest BCUT2D eigenvalue weighted by Gasteiger charge is 2.26. The Morgan fingerprint density at radius 1 is 1.21 bits per heavy atom. The summed E-state index contributed by atoms with van der Waals surface area (Å²) in [6.07, 6.45) is 3.06. The van der Waals surface area contributed by atoms with Crippen LogP contribution < -0.4 is 19.9 Å². The summed E-state index contributed by atoms with van der Waals surface area (Å²) in [6, 6.07) is 12.5. The van der Waals surface area contributed by atoms with E-state index in [9.17, 15) is 4.79 Å². The molecule has 1 N–H and O–H groups in total. The Bertz CT molecular complexity index is 924. The average molecular weight is 456 g/mol. The van der Waals surface area contributed by atoms with Gasteiger partial charge in [-0.15, -0.1) is 0 Å². The minimum Gasteiger partial charge on any atom is -0.494 e. The molecule has 1 fully saturated rings. The number of hydrogen-bond acceptors (Lipinski definition) is 4. The fourth-order valence-corrected chi connectivity index (χ4v) is 3.90. The molecule has 1 heterocycles. The molecule has 180 valence electrons. The highest BCUT2D eigenvalue weighted by Crippen LogP contribution is 2.28. The normalized spacial score (nSPS) is 16.2. The fraction of sp³-hybridized carbons (Fsp3) is 0.519. The molecular formula is C27H38FN3O2. The Hall–Kier alpha value is -2.60. The Balaban J connectivity index is 1.61. The van der Waals surface area contributed by atoms with Gasteiger partial charge in [0.15, 0.2) is 0 Å². The van der Waals surface area contributed by atoms with Crippen LogP contribution in [0.4, 0.5) is 15.8 Å². The quantitative estimate of drug-likeness (QED) is 0.508. The molecule has 6 heteroatoms. The molecule has 5 nitrogen and oxygen atoms in total. The van der Waals surface area contributed by atoms with Crippen LogP contribution in [0.3, 0.4) is 0 Å². The number of amides is 1. The lowest BCUT2D eigenvalue weighted by atomic mass is 9.96. The van der Waals surface area contributed by atoms with E-state index in [1.54, 1.807) is 37.4 Å². The zero-order valence-electron chi connectivity index (χ0n) is 20.7. The molecule has 3 rings (SSSR count). The standard InChI is InChI=1S/C27H38FN3O2/c1-6-7-16-33-23-11-8-20(9-12-23)26(32)30(5)22-10-13-25(24(28)17-22)31-15-14-21(18-31)29-19-27(2,3)4/h8-13,17,21,29H,6-7,14-16,18-19H2,1-5H3. The second kappa shape index (κ2) is 11.0. The van der Waals surface area contributed by atoms with E-state index in [0.29, 0.717) is 29.6 Å². The third kappa shape index (κ3) is 6.94. The van der Waals surface area contributed by atoms with Gasteiger partial charge in [0.2, 0.25) is 0 Å². The summed E-state index contributed by atoms with van der Waals surface area (Å²) < 4.78 is 20.7. The first kappa shape index (κ1) is 25.0. The first-order valence-corrected chi connectivity index (χ1v) is 12.0. The maximum Gasteiger partial charge on any atom is 0.258 e. The van der Waals surface area contributed by atoms with E-state index in [2.05, 4.69) is 37.9 Å². The van der Waals surface area contributed by atoms with E-state index in [0.717, 1.165) is 44.6 Å². The Morgan fingerprint density at radius 2 is 1.94 bits per heavy atom. The number of unbranched alkanes of at least 4 members (excludes halogenated alkanes) is 1. The first-order chi connectivity index (χ1) is 15.7. The molecule has 1 saturated heterocycles. The van der Waals surface area contributed by atoms with Gasteiger partial charge in [0.05, 0.1) is 12.3 Å². The Labute approximate surface area is 197 Å². The van der Waals surface area contributed by atoms with Crippen LogP contribution in [0.25, 0.3) is 0 Å². The van der Waals surface area contributed by atoms with E-state index >= 15 is 4.39 Å². The van der Waals surface area contributed by atoms with E-state index in [4.69, 9.17) is 4.74 Å². The van der Waals surface area contributed by atoms with Crippen LogP contribution >= 0.6 is 0 Å². The summed E-state index contributed by atoms with van der Waals surface area (Å²) >= 11 is 0. The number of halogens is 1. The summed E-state index contributed by atoms with van der Waals surface area (Å²) in [5, 5.41) is 3.60. The Kier molecular flexibility index (Phi) is 8.35. The average Bonchev–Trinajstić information content (AvgIpc) is 3.26. The molecular weight excluding hydrogens is 417 g/mol. The van der Waals surface area contributed by atoms with Crippen molar-refractivity contribution in [3.8, 4) is 5.75 Å². The van der Waals surface area contributed by atoms with Crippen molar-refractivity contribution in [2.24, 2.45) is 5.41 Å². The molecule has 33 heavy (non-hydrogen) atoms. The van der Waals surface area contributed by atoms with E-state index in [-0.39, 0.29) is 17.1 Å². The lowest BCUT2D eigenvalue weighted by molar-refractivity contribution is 0.0993. The highest BCUT2D eigenvalue weighted by molar-refractivity contribution is 6.05. The third-order valence-electron chi connectivity index (χ3n) is 5.94. The van der Waals surface area contributed by atoms with Crippen LogP contribution in [0.2, 0.25) is 0 Å². The number of nitrogens with one attached hydrogen (secondary N) is 1. The van der Waals surface area contributed by atoms with Gasteiger partial charge in [0.1, 0.15) is 11.6 Å². The fourth-order valence-electron chi connectivity index (χ4n) is 3.90. The van der Waals surface area contributed by atoms with Gasteiger partial charge in [0, 0.05) is 44.0 Å². The number of hydrogen-bond donors (Lipinski definition) is 1. The predicted molar refractivity (Wildman–Crippen MR) is 134 cm³/mol. The molecule has 0 saturated carbocycles. The monoisotopic (exact) mass is 455 g/mol. The molecule has 2 aromatic rings. The van der Waals surface area contributed by atoms with Gasteiger partial charge >= 0.3 is 0 Å². The number of carbonyl (C=O) groups is 1. The number of nitrogens with zero attached hydrogens (tertiary/aromatic N) is 2. The zero-order valence-corrected chi connectivity index (χ0v) is 20.7. The molecule has 0 aliphatic carbocycles. The van der Waals surface area contributed by atoms with Crippen LogP contribution in [0.15, 0.2) is 42.5 Å². The number of carbonyl (C=O) groups excluding carboxylic acids is 1. The van der Waals surface area contributed by atoms with Gasteiger partial charge < -0.3 is 19.9 Å². The molecule has 2 aromatic carbocycles. The third-order valence-corrected chi connectivity index (χ3v) is 5.94. The molecule has 0 aromatic heterocycles. The van der Waals surface area contributed by atoms with Crippen molar-refractivity contribution in [2.45, 2.75) is 53.0 Å². The van der Waals surface area contributed by atoms with Crippen molar-refractivity contribution < 1.29 is 13.9 Å². The van der Waals surface area contributed by atoms with Crippen molar-refractivity contribution >= 4 is 17.3 Å². The lowest BCUT2D eigenvalue weighted by Gasteiger charge is -2.24. The van der Waals surface area contributed by atoms with Gasteiger partial charge in [-0.2, -0.15) is 0 Å². The van der Waals surface area contributed by atoms with Gasteiger partial charge in [-0.25, -0.2) is 4.39 Å². The van der Waals surface area contributed by atoms with E-state index < -0.39 is 0 Å². The minimum absolute atomic E-state index is 0.185. The lowest BCUT2D eigenvalue weighted by Crippen LogP contribution is -2.37. The van der Waals surface area contributed by atoms with Crippen LogP contribution in [-0.4, -0.2) is 45.2 Å². The number of ether oxygens (including phenoxy) is 1. The number of rotatable bonds is 9. The van der Waals surface area contributed by atoms with Crippen molar-refractivity contribution in [2.75, 3.05) is 43.1 Å². The topological polar surface area (TPSA) is 44.8 Å². The van der Waals surface area contributed by atoms with Gasteiger partial charge in [-0.05, 0) is 60.7 Å². The molecule has 0 spiro atoms. The van der Waals surface area contributed by atoms with Gasteiger partial charge in [0.25, 0.3) is 5.91 Å². The van der Waals surface area contributed by atoms with Gasteiger partial charge in [-0.3, -0.25) is 4.79 Å². The highest BCUT2D eigenvalue weighted by atomic mass is 19.1. The second-order valence-corrected chi connectivity index (χ2v) is 10.1. The second-order valence-electron chi connectivity index (χ2n) is 10.1. The summed E-state index contributed by atoms with van der Waals surface area (Å²) in [4.78, 5) is 16.5. The van der Waals surface area contributed by atoms with Crippen molar-refractivity contribution in [3.05, 3.63) is 53.8 Å². The summed E-state index contributed by atoms with van der Waals surface area (Å²) in [5.41, 5.74) is 1.89. The van der Waals surface area contributed by atoms with Crippen LogP contribution in [0.5, 0.6) is 5.75 Å². The molecule has 1 unspecified atom stereocenters. The summed E-state index contributed by atoms with van der Waals surface area (Å²) in [5.74, 6) is 0.261. The molecule has 1 aliphatic heterocycles. The predicted octanol–water partition coefficient (Wildman–Crippen LogP) is 5.50. The minimum atomic E-state index is -0.303. The van der Waals surface area contributed by atoms with Crippen molar-refractivity contribution in [1.82, 2.24) is 5.32 Å². The SMILES string of the molecule is CCCCOc1ccc(C(=O)N(C)c2ccc(N3CCC(NCC(C)(C)C)C3)c(F)c2)cc1. The van der Waals surface area contributed by atoms with Crippen LogP contribution in [0, 0.1) is 11.2 Å². The first-order valence-electron chi connectivity index (χ1n) is 12.0. The smallest absolute Gasteiger partial charge is 0.258 e. The molecule has 0 bridgehead atoms.